The second kappa shape index (κ2) is 5.62. The summed E-state index contributed by atoms with van der Waals surface area (Å²) in [6.45, 7) is 3.70. The van der Waals surface area contributed by atoms with E-state index in [1.807, 2.05) is 0 Å². The van der Waals surface area contributed by atoms with Crippen LogP contribution in [0.3, 0.4) is 0 Å². The Morgan fingerprint density at radius 1 is 1.28 bits per heavy atom. The summed E-state index contributed by atoms with van der Waals surface area (Å²) in [6, 6.07) is 5.09. The molecule has 1 aromatic rings. The van der Waals surface area contributed by atoms with Crippen LogP contribution in [-0.4, -0.2) is 26.8 Å². The summed E-state index contributed by atoms with van der Waals surface area (Å²) in [4.78, 5) is 11.5. The third kappa shape index (κ3) is 3.29. The van der Waals surface area contributed by atoms with Crippen LogP contribution in [0, 0.1) is 5.41 Å². The van der Waals surface area contributed by atoms with E-state index in [1.165, 1.54) is 14.2 Å². The van der Waals surface area contributed by atoms with E-state index >= 15 is 0 Å². The first-order valence-corrected chi connectivity index (χ1v) is 5.55. The molecule has 1 rings (SSSR count). The molecule has 0 aliphatic rings. The number of esters is 1. The average molecular weight is 253 g/mol. The minimum Gasteiger partial charge on any atom is -0.493 e. The first kappa shape index (κ1) is 14.2. The quantitative estimate of drug-likeness (QED) is 0.640. The Hall–Kier alpha value is -1.91. The number of carbonyl (C=O) groups excluding carboxylic acids is 1. The smallest absolute Gasteiger partial charge is 0.314 e. The Bertz CT molecular complexity index is 429. The summed E-state index contributed by atoms with van der Waals surface area (Å²) in [5.41, 5.74) is 5.51. The molecule has 0 fully saturated rings. The number of ether oxygens (including phenoxy) is 3. The van der Waals surface area contributed by atoms with E-state index in [2.05, 4.69) is 0 Å². The summed E-state index contributed by atoms with van der Waals surface area (Å²) >= 11 is 0. The van der Waals surface area contributed by atoms with Gasteiger partial charge in [0.15, 0.2) is 11.5 Å². The van der Waals surface area contributed by atoms with Crippen molar-refractivity contribution in [2.45, 2.75) is 13.8 Å². The van der Waals surface area contributed by atoms with Crippen LogP contribution in [0.5, 0.6) is 11.5 Å². The molecule has 0 amide bonds. The van der Waals surface area contributed by atoms with E-state index < -0.39 is 5.41 Å². The van der Waals surface area contributed by atoms with Gasteiger partial charge in [0.1, 0.15) is 6.61 Å². The number of hydrogen-bond donors (Lipinski definition) is 1. The van der Waals surface area contributed by atoms with E-state index in [0.29, 0.717) is 17.2 Å². The van der Waals surface area contributed by atoms with Gasteiger partial charge in [0, 0.05) is 11.8 Å². The first-order chi connectivity index (χ1) is 8.40. The lowest BCUT2D eigenvalue weighted by Crippen LogP contribution is -2.32. The molecule has 0 spiro atoms. The maximum Gasteiger partial charge on any atom is 0.314 e. The molecule has 18 heavy (non-hydrogen) atoms. The molecule has 2 N–H and O–H groups in total. The molecular weight excluding hydrogens is 234 g/mol. The van der Waals surface area contributed by atoms with Crippen LogP contribution in [0.15, 0.2) is 18.2 Å². The molecule has 0 bridgehead atoms. The van der Waals surface area contributed by atoms with E-state index in [-0.39, 0.29) is 12.6 Å². The molecule has 0 saturated carbocycles. The van der Waals surface area contributed by atoms with Crippen LogP contribution in [0.4, 0.5) is 5.69 Å². The van der Waals surface area contributed by atoms with Crippen LogP contribution in [-0.2, 0) is 9.53 Å². The standard InChI is InChI=1S/C13H19NO4/c1-13(2,12(15)17-4)8-18-10-6-5-9(14)7-11(10)16-3/h5-7H,8,14H2,1-4H3. The Kier molecular flexibility index (Phi) is 4.42. The summed E-state index contributed by atoms with van der Waals surface area (Å²) in [7, 11) is 2.89. The van der Waals surface area contributed by atoms with Gasteiger partial charge in [0.05, 0.1) is 19.6 Å². The van der Waals surface area contributed by atoms with Gasteiger partial charge in [-0.2, -0.15) is 0 Å². The Morgan fingerprint density at radius 2 is 1.94 bits per heavy atom. The number of anilines is 1. The number of nitrogens with two attached hydrogens (primary N) is 1. The number of carbonyl (C=O) groups is 1. The third-order valence-electron chi connectivity index (χ3n) is 2.51. The highest BCUT2D eigenvalue weighted by atomic mass is 16.5. The highest BCUT2D eigenvalue weighted by molar-refractivity contribution is 5.75. The van der Waals surface area contributed by atoms with Gasteiger partial charge in [-0.15, -0.1) is 0 Å². The van der Waals surface area contributed by atoms with E-state index in [1.54, 1.807) is 32.0 Å². The third-order valence-corrected chi connectivity index (χ3v) is 2.51. The van der Waals surface area contributed by atoms with Crippen LogP contribution < -0.4 is 15.2 Å². The Labute approximate surface area is 107 Å². The highest BCUT2D eigenvalue weighted by Gasteiger charge is 2.30. The zero-order chi connectivity index (χ0) is 13.8. The zero-order valence-electron chi connectivity index (χ0n) is 11.1. The molecule has 1 aromatic carbocycles. The maximum atomic E-state index is 11.5. The van der Waals surface area contributed by atoms with Crippen molar-refractivity contribution in [2.24, 2.45) is 5.41 Å². The molecule has 0 radical (unpaired) electrons. The normalized spacial score (nSPS) is 10.9. The van der Waals surface area contributed by atoms with Crippen LogP contribution in [0.1, 0.15) is 13.8 Å². The molecule has 0 aliphatic heterocycles. The van der Waals surface area contributed by atoms with Gasteiger partial charge in [-0.3, -0.25) is 4.79 Å². The lowest BCUT2D eigenvalue weighted by molar-refractivity contribution is -0.152. The van der Waals surface area contributed by atoms with Crippen LogP contribution in [0.25, 0.3) is 0 Å². The number of methoxy groups -OCH3 is 2. The van der Waals surface area contributed by atoms with Crippen molar-refractivity contribution in [1.82, 2.24) is 0 Å². The Balaban J connectivity index is 2.77. The molecule has 100 valence electrons. The largest absolute Gasteiger partial charge is 0.493 e. The summed E-state index contributed by atoms with van der Waals surface area (Å²) in [6.07, 6.45) is 0. The predicted molar refractivity (Wildman–Crippen MR) is 68.7 cm³/mol. The Morgan fingerprint density at radius 3 is 2.50 bits per heavy atom. The average Bonchev–Trinajstić information content (AvgIpc) is 2.36. The summed E-state index contributed by atoms with van der Waals surface area (Å²) < 4.78 is 15.5. The van der Waals surface area contributed by atoms with Crippen molar-refractivity contribution in [3.63, 3.8) is 0 Å². The molecule has 0 atom stereocenters. The predicted octanol–water partition coefficient (Wildman–Crippen LogP) is 1.86. The van der Waals surface area contributed by atoms with Crippen molar-refractivity contribution in [2.75, 3.05) is 26.6 Å². The van der Waals surface area contributed by atoms with E-state index in [4.69, 9.17) is 19.9 Å². The minimum absolute atomic E-state index is 0.194. The lowest BCUT2D eigenvalue weighted by Gasteiger charge is -2.22. The summed E-state index contributed by atoms with van der Waals surface area (Å²) in [5, 5.41) is 0. The molecule has 0 saturated heterocycles. The molecule has 0 aliphatic carbocycles. The highest BCUT2D eigenvalue weighted by Crippen LogP contribution is 2.30. The SMILES string of the molecule is COC(=O)C(C)(C)COc1ccc(N)cc1OC. The van der Waals surface area contributed by atoms with Gasteiger partial charge >= 0.3 is 5.97 Å². The molecular formula is C13H19NO4. The van der Waals surface area contributed by atoms with Gasteiger partial charge in [-0.25, -0.2) is 0 Å². The van der Waals surface area contributed by atoms with Crippen LogP contribution >= 0.6 is 0 Å². The van der Waals surface area contributed by atoms with Crippen molar-refractivity contribution >= 4 is 11.7 Å². The van der Waals surface area contributed by atoms with Crippen molar-refractivity contribution < 1.29 is 19.0 Å². The fourth-order valence-electron chi connectivity index (χ4n) is 1.40. The first-order valence-electron chi connectivity index (χ1n) is 5.55. The van der Waals surface area contributed by atoms with Crippen molar-refractivity contribution in [3.8, 4) is 11.5 Å². The van der Waals surface area contributed by atoms with Gasteiger partial charge in [-0.05, 0) is 26.0 Å². The maximum absolute atomic E-state index is 11.5. The fourth-order valence-corrected chi connectivity index (χ4v) is 1.40. The minimum atomic E-state index is -0.721. The van der Waals surface area contributed by atoms with Gasteiger partial charge in [0.25, 0.3) is 0 Å². The molecule has 0 unspecified atom stereocenters. The molecule has 0 heterocycles. The number of rotatable bonds is 5. The van der Waals surface area contributed by atoms with Crippen molar-refractivity contribution in [1.29, 1.82) is 0 Å². The number of hydrogen-bond acceptors (Lipinski definition) is 5. The van der Waals surface area contributed by atoms with E-state index in [9.17, 15) is 4.79 Å². The van der Waals surface area contributed by atoms with Crippen molar-refractivity contribution in [3.05, 3.63) is 18.2 Å². The number of nitrogen functional groups attached to an aromatic ring is 1. The van der Waals surface area contributed by atoms with E-state index in [0.717, 1.165) is 0 Å². The summed E-state index contributed by atoms with van der Waals surface area (Å²) in [5.74, 6) is 0.760. The van der Waals surface area contributed by atoms with Crippen LogP contribution in [0.2, 0.25) is 0 Å². The van der Waals surface area contributed by atoms with Gasteiger partial charge < -0.3 is 19.9 Å². The van der Waals surface area contributed by atoms with Gasteiger partial charge in [0.2, 0.25) is 0 Å². The molecule has 0 aromatic heterocycles. The lowest BCUT2D eigenvalue weighted by atomic mass is 9.95. The molecule has 5 nitrogen and oxygen atoms in total. The number of benzene rings is 1. The fraction of sp³-hybridized carbons (Fsp3) is 0.462. The monoisotopic (exact) mass is 253 g/mol. The van der Waals surface area contributed by atoms with Gasteiger partial charge in [-0.1, -0.05) is 0 Å². The second-order valence-corrected chi connectivity index (χ2v) is 4.57. The second-order valence-electron chi connectivity index (χ2n) is 4.57. The molecule has 5 heteroatoms. The zero-order valence-corrected chi connectivity index (χ0v) is 11.1. The topological polar surface area (TPSA) is 70.8 Å².